The van der Waals surface area contributed by atoms with Crippen molar-refractivity contribution in [3.8, 4) is 5.75 Å². The van der Waals surface area contributed by atoms with Gasteiger partial charge in [-0.05, 0) is 74.1 Å². The van der Waals surface area contributed by atoms with E-state index in [0.29, 0.717) is 24.5 Å². The lowest BCUT2D eigenvalue weighted by atomic mass is 9.67. The number of imide groups is 1. The summed E-state index contributed by atoms with van der Waals surface area (Å²) >= 11 is 0. The summed E-state index contributed by atoms with van der Waals surface area (Å²) in [5.41, 5.74) is 5.72. The predicted octanol–water partition coefficient (Wildman–Crippen LogP) is 2.36. The highest BCUT2D eigenvalue weighted by Crippen LogP contribution is 2.43. The molecule has 0 radical (unpaired) electrons. The number of aryl methyl sites for hydroxylation is 2. The molecule has 1 aromatic rings. The lowest BCUT2D eigenvalue weighted by Gasteiger charge is -2.40. The number of carbonyl (C=O) groups is 4. The summed E-state index contributed by atoms with van der Waals surface area (Å²) in [7, 11) is 0. The molecule has 2 aliphatic rings. The number of hydrazine groups is 1. The van der Waals surface area contributed by atoms with Gasteiger partial charge in [0.05, 0.1) is 0 Å². The molecule has 1 saturated carbocycles. The molecule has 1 heterocycles. The molecule has 0 aromatic heterocycles. The smallest absolute Gasteiger partial charge is 0.325 e. The third-order valence-electron chi connectivity index (χ3n) is 6.52. The molecule has 1 spiro atoms. The van der Waals surface area contributed by atoms with Crippen LogP contribution in [0.2, 0.25) is 0 Å². The van der Waals surface area contributed by atoms with Crippen LogP contribution in [0.1, 0.15) is 57.6 Å². The number of hydrogen-bond donors (Lipinski definition) is 3. The molecule has 1 aliphatic heterocycles. The zero-order valence-electron chi connectivity index (χ0n) is 20.0. The Labute approximate surface area is 194 Å². The first-order valence-electron chi connectivity index (χ1n) is 11.3. The minimum absolute atomic E-state index is 0.146. The Morgan fingerprint density at radius 1 is 1.06 bits per heavy atom. The second-order valence-corrected chi connectivity index (χ2v) is 10.3. The minimum Gasteiger partial charge on any atom is -0.484 e. The largest absolute Gasteiger partial charge is 0.484 e. The van der Waals surface area contributed by atoms with Gasteiger partial charge >= 0.3 is 6.03 Å². The van der Waals surface area contributed by atoms with E-state index in [1.54, 1.807) is 12.1 Å². The van der Waals surface area contributed by atoms with Crippen LogP contribution in [-0.2, 0) is 14.4 Å². The normalized spacial score (nSPS) is 22.8. The first-order valence-corrected chi connectivity index (χ1v) is 11.3. The topological polar surface area (TPSA) is 117 Å². The van der Waals surface area contributed by atoms with Crippen LogP contribution in [0.5, 0.6) is 5.75 Å². The average Bonchev–Trinajstić information content (AvgIpc) is 2.93. The first kappa shape index (κ1) is 24.5. The summed E-state index contributed by atoms with van der Waals surface area (Å²) in [5, 5.41) is 2.81. The second kappa shape index (κ2) is 9.41. The fourth-order valence-electron chi connectivity index (χ4n) is 4.66. The van der Waals surface area contributed by atoms with Crippen molar-refractivity contribution < 1.29 is 23.9 Å². The molecule has 9 nitrogen and oxygen atoms in total. The van der Waals surface area contributed by atoms with E-state index in [0.717, 1.165) is 28.9 Å². The van der Waals surface area contributed by atoms with Gasteiger partial charge in [-0.1, -0.05) is 26.8 Å². The number of nitrogens with one attached hydrogen (secondary N) is 3. The number of nitrogens with zero attached hydrogens (tertiary/aromatic N) is 1. The molecule has 1 saturated heterocycles. The number of ether oxygens (including phenoxy) is 1. The van der Waals surface area contributed by atoms with Crippen molar-refractivity contribution in [2.75, 3.05) is 13.2 Å². The highest BCUT2D eigenvalue weighted by Gasteiger charge is 2.53. The molecule has 5 amide bonds. The molecule has 33 heavy (non-hydrogen) atoms. The molecule has 0 unspecified atom stereocenters. The van der Waals surface area contributed by atoms with E-state index in [4.69, 9.17) is 4.74 Å². The Kier molecular flexibility index (Phi) is 7.00. The van der Waals surface area contributed by atoms with Gasteiger partial charge in [0.2, 0.25) is 0 Å². The van der Waals surface area contributed by atoms with Crippen molar-refractivity contribution >= 4 is 23.8 Å². The Balaban J connectivity index is 1.46. The molecule has 0 bridgehead atoms. The summed E-state index contributed by atoms with van der Waals surface area (Å²) in [6.45, 7) is 9.65. The quantitative estimate of drug-likeness (QED) is 0.463. The van der Waals surface area contributed by atoms with Crippen LogP contribution < -0.4 is 20.9 Å². The van der Waals surface area contributed by atoms with Crippen molar-refractivity contribution in [3.63, 3.8) is 0 Å². The van der Waals surface area contributed by atoms with Gasteiger partial charge in [-0.15, -0.1) is 0 Å². The Morgan fingerprint density at radius 3 is 2.21 bits per heavy atom. The van der Waals surface area contributed by atoms with E-state index >= 15 is 0 Å². The summed E-state index contributed by atoms with van der Waals surface area (Å²) in [6, 6.07) is 5.03. The molecule has 1 aromatic carbocycles. The van der Waals surface area contributed by atoms with E-state index < -0.39 is 29.9 Å². The van der Waals surface area contributed by atoms with Gasteiger partial charge in [-0.3, -0.25) is 30.1 Å². The van der Waals surface area contributed by atoms with Gasteiger partial charge in [-0.2, -0.15) is 0 Å². The SMILES string of the molecule is Cc1cc(C)cc(OCC(=O)NNC(=O)CN2C(=O)NC3(CCC(C(C)(C)C)CC3)C2=O)c1. The molecule has 3 N–H and O–H groups in total. The Morgan fingerprint density at radius 2 is 1.64 bits per heavy atom. The van der Waals surface area contributed by atoms with Crippen LogP contribution in [0.3, 0.4) is 0 Å². The fourth-order valence-corrected chi connectivity index (χ4v) is 4.66. The average molecular weight is 459 g/mol. The number of amides is 5. The summed E-state index contributed by atoms with van der Waals surface area (Å²) < 4.78 is 5.44. The molecule has 3 rings (SSSR count). The number of benzene rings is 1. The lowest BCUT2D eigenvalue weighted by Crippen LogP contribution is -2.52. The highest BCUT2D eigenvalue weighted by atomic mass is 16.5. The van der Waals surface area contributed by atoms with Gasteiger partial charge in [0.25, 0.3) is 17.7 Å². The monoisotopic (exact) mass is 458 g/mol. The minimum atomic E-state index is -0.928. The molecular weight excluding hydrogens is 424 g/mol. The zero-order valence-corrected chi connectivity index (χ0v) is 20.0. The van der Waals surface area contributed by atoms with Gasteiger partial charge < -0.3 is 10.1 Å². The van der Waals surface area contributed by atoms with E-state index in [-0.39, 0.29) is 17.9 Å². The van der Waals surface area contributed by atoms with Crippen molar-refractivity contribution in [2.45, 2.75) is 65.8 Å². The third kappa shape index (κ3) is 5.83. The molecular formula is C24H34N4O5. The maximum Gasteiger partial charge on any atom is 0.325 e. The third-order valence-corrected chi connectivity index (χ3v) is 6.52. The molecule has 180 valence electrons. The number of hydrogen-bond acceptors (Lipinski definition) is 5. The number of carbonyl (C=O) groups excluding carboxylic acids is 4. The zero-order chi connectivity index (χ0) is 24.4. The Hall–Kier alpha value is -3.10. The molecule has 9 heteroatoms. The van der Waals surface area contributed by atoms with Gasteiger partial charge in [0, 0.05) is 0 Å². The van der Waals surface area contributed by atoms with Crippen LogP contribution in [0, 0.1) is 25.2 Å². The van der Waals surface area contributed by atoms with Crippen molar-refractivity contribution in [1.82, 2.24) is 21.1 Å². The van der Waals surface area contributed by atoms with E-state index in [9.17, 15) is 19.2 Å². The van der Waals surface area contributed by atoms with Crippen LogP contribution in [0.4, 0.5) is 4.79 Å². The maximum absolute atomic E-state index is 13.0. The van der Waals surface area contributed by atoms with Crippen molar-refractivity contribution in [2.24, 2.45) is 11.3 Å². The number of rotatable bonds is 5. The van der Waals surface area contributed by atoms with Crippen molar-refractivity contribution in [3.05, 3.63) is 29.3 Å². The highest BCUT2D eigenvalue weighted by molar-refractivity contribution is 6.09. The van der Waals surface area contributed by atoms with Crippen molar-refractivity contribution in [1.29, 1.82) is 0 Å². The summed E-state index contributed by atoms with van der Waals surface area (Å²) in [6.07, 6.45) is 2.80. The summed E-state index contributed by atoms with van der Waals surface area (Å²) in [5.74, 6) is -0.569. The maximum atomic E-state index is 13.0. The van der Waals surface area contributed by atoms with Crippen LogP contribution >= 0.6 is 0 Å². The standard InChI is InChI=1S/C24H34N4O5/c1-15-10-16(2)12-18(11-15)33-14-20(30)27-26-19(29)13-28-21(31)24(25-22(28)32)8-6-17(7-9-24)23(3,4)5/h10-12,17H,6-9,13-14H2,1-5H3,(H,25,32)(H,26,29)(H,27,30). The molecule has 0 atom stereocenters. The predicted molar refractivity (Wildman–Crippen MR) is 122 cm³/mol. The van der Waals surface area contributed by atoms with E-state index in [1.807, 2.05) is 19.9 Å². The lowest BCUT2D eigenvalue weighted by molar-refractivity contribution is -0.137. The van der Waals surface area contributed by atoms with Crippen LogP contribution in [0.25, 0.3) is 0 Å². The summed E-state index contributed by atoms with van der Waals surface area (Å²) in [4.78, 5) is 50.6. The second-order valence-electron chi connectivity index (χ2n) is 10.3. The van der Waals surface area contributed by atoms with Crippen LogP contribution in [-0.4, -0.2) is 47.3 Å². The first-order chi connectivity index (χ1) is 15.4. The van der Waals surface area contributed by atoms with E-state index in [2.05, 4.69) is 36.9 Å². The number of urea groups is 1. The molecule has 2 fully saturated rings. The molecule has 1 aliphatic carbocycles. The Bertz CT molecular complexity index is 924. The van der Waals surface area contributed by atoms with Crippen LogP contribution in [0.15, 0.2) is 18.2 Å². The van der Waals surface area contributed by atoms with Gasteiger partial charge in [0.1, 0.15) is 17.8 Å². The van der Waals surface area contributed by atoms with Gasteiger partial charge in [0.15, 0.2) is 6.61 Å². The fraction of sp³-hybridized carbons (Fsp3) is 0.583. The van der Waals surface area contributed by atoms with Gasteiger partial charge in [-0.25, -0.2) is 4.79 Å². The van der Waals surface area contributed by atoms with E-state index in [1.165, 1.54) is 0 Å².